The first-order chi connectivity index (χ1) is 0. The van der Waals surface area contributed by atoms with Gasteiger partial charge in [0.25, 0.3) is 0 Å². The van der Waals surface area contributed by atoms with E-state index in [4.69, 9.17) is 0 Å². The molecule has 0 saturated carbocycles. The summed E-state index contributed by atoms with van der Waals surface area (Å²) in [6, 6.07) is 0. The van der Waals surface area contributed by atoms with E-state index in [0.29, 0.717) is 0 Å². The molecule has 0 heterocycles. The van der Waals surface area contributed by atoms with Gasteiger partial charge in [0.2, 0.25) is 0 Å². The summed E-state index contributed by atoms with van der Waals surface area (Å²) < 4.78 is 0. The van der Waals surface area contributed by atoms with Gasteiger partial charge in [-0.25, -0.2) is 0 Å². The summed E-state index contributed by atoms with van der Waals surface area (Å²) in [5.41, 5.74) is 0. The first kappa shape index (κ1) is 200. The second kappa shape index (κ2) is 168. The zero-order chi connectivity index (χ0) is 0. The third-order valence-electron chi connectivity index (χ3n) is 0. The third kappa shape index (κ3) is 148. The summed E-state index contributed by atoms with van der Waals surface area (Å²) >= 11 is 0. The van der Waals surface area contributed by atoms with E-state index in [0.717, 1.165) is 0 Å². The van der Waals surface area contributed by atoms with Crippen molar-refractivity contribution in [3.63, 3.8) is 0 Å². The molecule has 0 aliphatic rings. The maximum atomic E-state index is 0. The Morgan fingerprint density at radius 3 is 0.538 bits per heavy atom. The van der Waals surface area contributed by atoms with Crippen molar-refractivity contribution < 1.29 is 158 Å². The zero-order valence-corrected chi connectivity index (χ0v) is 15.2. The maximum Gasteiger partial charge on any atom is 3.00 e. The molecule has 0 spiro atoms. The van der Waals surface area contributed by atoms with Gasteiger partial charge in [0, 0.05) is 101 Å². The van der Waals surface area contributed by atoms with Gasteiger partial charge in [-0.2, -0.15) is 0 Å². The quantitative estimate of drug-likeness (QED) is 0.320. The van der Waals surface area contributed by atoms with Crippen molar-refractivity contribution in [1.29, 1.82) is 0 Å². The smallest absolute Gasteiger partial charge is 2.00 e. The van der Waals surface area contributed by atoms with Gasteiger partial charge in [0.05, 0.1) is 0 Å². The standard InChI is InChI=1S/2Al.2Co.2Li.2Mn.2Ni.3O.2H/q2*+3;;;2*+1;;;;;3*-2;2*-1. The van der Waals surface area contributed by atoms with Crippen LogP contribution in [0.5, 0.6) is 0 Å². The molecule has 0 fully saturated rings. The fourth-order valence-corrected chi connectivity index (χ4v) is 0. The number of hydrogen-bond acceptors (Lipinski definition) is 0. The Morgan fingerprint density at radius 1 is 0.538 bits per heavy atom. The average molecular weight is 463 g/mol. The minimum absolute atomic E-state index is 0. The van der Waals surface area contributed by atoms with Crippen LogP contribution in [0.4, 0.5) is 0 Å². The van der Waals surface area contributed by atoms with Gasteiger partial charge < -0.3 is 19.3 Å². The van der Waals surface area contributed by atoms with E-state index in [9.17, 15) is 0 Å². The Labute approximate surface area is 189 Å². The van der Waals surface area contributed by atoms with Crippen LogP contribution in [-0.4, -0.2) is 34.7 Å². The molecular weight excluding hydrogens is 461 g/mol. The molecule has 0 aromatic rings. The van der Waals surface area contributed by atoms with Crippen molar-refractivity contribution in [1.82, 2.24) is 0 Å². The largest absolute Gasteiger partial charge is 3.00 e. The molecule has 3 nitrogen and oxygen atoms in total. The van der Waals surface area contributed by atoms with E-state index >= 15 is 0 Å². The second-order valence-electron chi connectivity index (χ2n) is 0. The number of rotatable bonds is 0. The molecular formula is H2Al2Co2Li2Mn2Ni2O3. The van der Waals surface area contributed by atoms with Crippen molar-refractivity contribution >= 4 is 34.7 Å². The van der Waals surface area contributed by atoms with Gasteiger partial charge in [-0.15, -0.1) is 0 Å². The summed E-state index contributed by atoms with van der Waals surface area (Å²) in [5.74, 6) is 0. The van der Waals surface area contributed by atoms with Gasteiger partial charge in [-0.3, -0.25) is 0 Å². The minimum atomic E-state index is 0. The van der Waals surface area contributed by atoms with Crippen LogP contribution >= 0.6 is 0 Å². The van der Waals surface area contributed by atoms with E-state index in [1.54, 1.807) is 0 Å². The Balaban J connectivity index is 0. The Morgan fingerprint density at radius 2 is 0.538 bits per heavy atom. The molecule has 0 aliphatic carbocycles. The summed E-state index contributed by atoms with van der Waals surface area (Å²) in [4.78, 5) is 0. The summed E-state index contributed by atoms with van der Waals surface area (Å²) in [6.07, 6.45) is 0. The Hall–Kier alpha value is 5.18. The molecule has 0 rings (SSSR count). The molecule has 0 amide bonds. The molecule has 0 aliphatic heterocycles. The molecule has 0 aromatic carbocycles. The summed E-state index contributed by atoms with van der Waals surface area (Å²) in [7, 11) is 0. The van der Waals surface area contributed by atoms with Gasteiger partial charge in [0.1, 0.15) is 0 Å². The predicted molar refractivity (Wildman–Crippen MR) is 15.8 cm³/mol. The SMILES string of the molecule is [Al+3].[Al+3].[Co].[Co].[H-].[H-].[Li+].[Li+].[Mn].[Mn].[Ni].[Ni].[O-2].[O-2].[O-2]. The first-order valence-corrected chi connectivity index (χ1v) is 0. The van der Waals surface area contributed by atoms with Crippen molar-refractivity contribution in [3.8, 4) is 0 Å². The van der Waals surface area contributed by atoms with Gasteiger partial charge in [0.15, 0.2) is 0 Å². The normalized spacial score (nSPS) is 0. The van der Waals surface area contributed by atoms with Crippen LogP contribution in [0.2, 0.25) is 0 Å². The minimum Gasteiger partial charge on any atom is -2.00 e. The molecule has 0 unspecified atom stereocenters. The Kier molecular flexibility index (Phi) is 2580. The molecule has 0 atom stereocenters. The van der Waals surface area contributed by atoms with Crippen LogP contribution in [0.15, 0.2) is 0 Å². The van der Waals surface area contributed by atoms with Crippen molar-refractivity contribution in [2.45, 2.75) is 0 Å². The molecule has 13 heteroatoms. The van der Waals surface area contributed by atoms with Crippen LogP contribution < -0.4 is 37.7 Å². The number of hydrogen-bond donors (Lipinski definition) is 0. The summed E-state index contributed by atoms with van der Waals surface area (Å²) in [5, 5.41) is 0. The molecule has 0 N–H and O–H groups in total. The molecule has 4 radical (unpaired) electrons. The van der Waals surface area contributed by atoms with Crippen molar-refractivity contribution in [2.75, 3.05) is 0 Å². The molecule has 80 valence electrons. The molecule has 0 saturated heterocycles. The fraction of sp³-hybridized carbons (Fsp3) is 0. The van der Waals surface area contributed by atoms with E-state index in [1.165, 1.54) is 0 Å². The Bertz CT molecular complexity index is 41.8. The predicted octanol–water partition coefficient (Wildman–Crippen LogP) is -6.90. The molecule has 13 heavy (non-hydrogen) atoms. The van der Waals surface area contributed by atoms with Gasteiger partial charge >= 0.3 is 72.4 Å². The monoisotopic (exact) mass is 462 g/mol. The fourth-order valence-electron chi connectivity index (χ4n) is 0. The maximum absolute atomic E-state index is 0. The average Bonchev–Trinajstić information content (AvgIpc) is 0. The summed E-state index contributed by atoms with van der Waals surface area (Å²) in [6.45, 7) is 0. The molecule has 0 aromatic heterocycles. The van der Waals surface area contributed by atoms with Crippen LogP contribution in [0, 0.1) is 0 Å². The van der Waals surface area contributed by atoms with Crippen molar-refractivity contribution in [3.05, 3.63) is 0 Å². The van der Waals surface area contributed by atoms with E-state index in [1.807, 2.05) is 0 Å². The zero-order valence-electron chi connectivity index (χ0n) is 8.43. The third-order valence-corrected chi connectivity index (χ3v) is 0. The topological polar surface area (TPSA) is 85.5 Å². The van der Waals surface area contributed by atoms with E-state index in [2.05, 4.69) is 0 Å². The van der Waals surface area contributed by atoms with Gasteiger partial charge in [-0.05, 0) is 0 Å². The molecule has 0 bridgehead atoms. The van der Waals surface area contributed by atoms with Crippen LogP contribution in [-0.2, 0) is 117 Å². The first-order valence-electron chi connectivity index (χ1n) is 0. The van der Waals surface area contributed by atoms with Crippen molar-refractivity contribution in [2.24, 2.45) is 0 Å². The van der Waals surface area contributed by atoms with Crippen LogP contribution in [0.3, 0.4) is 0 Å². The van der Waals surface area contributed by atoms with Gasteiger partial charge in [-0.1, -0.05) is 0 Å². The van der Waals surface area contributed by atoms with Crippen LogP contribution in [0.1, 0.15) is 2.85 Å². The second-order valence-corrected chi connectivity index (χ2v) is 0. The van der Waals surface area contributed by atoms with E-state index < -0.39 is 0 Å². The van der Waals surface area contributed by atoms with Crippen LogP contribution in [0.25, 0.3) is 0 Å². The van der Waals surface area contributed by atoms with E-state index in [-0.39, 0.29) is 192 Å².